The molecule has 2 aromatic heterocycles. The average Bonchev–Trinajstić information content (AvgIpc) is 3.28. The van der Waals surface area contributed by atoms with E-state index in [2.05, 4.69) is 22.1 Å². The van der Waals surface area contributed by atoms with E-state index in [1.54, 1.807) is 18.6 Å². The summed E-state index contributed by atoms with van der Waals surface area (Å²) in [7, 11) is 0. The van der Waals surface area contributed by atoms with Crippen LogP contribution in [0.2, 0.25) is 0 Å². The maximum Gasteiger partial charge on any atom is 0.256 e. The van der Waals surface area contributed by atoms with E-state index in [1.807, 2.05) is 49.1 Å². The monoisotopic (exact) mass is 405 g/mol. The molecule has 0 N–H and O–H groups in total. The maximum absolute atomic E-state index is 13.5. The molecule has 30 heavy (non-hydrogen) atoms. The quantitative estimate of drug-likeness (QED) is 0.648. The normalized spacial score (nSPS) is 19.0. The average molecular weight is 406 g/mol. The number of rotatable bonds is 5. The topological polar surface area (TPSA) is 73.1 Å². The lowest BCUT2D eigenvalue weighted by Crippen LogP contribution is -2.47. The van der Waals surface area contributed by atoms with Crippen LogP contribution in [0.1, 0.15) is 41.3 Å². The van der Waals surface area contributed by atoms with E-state index in [0.717, 1.165) is 24.0 Å². The Balaban J connectivity index is 1.50. The van der Waals surface area contributed by atoms with Gasteiger partial charge in [-0.05, 0) is 51.3 Å². The molecule has 1 aromatic carbocycles. The number of nitrogens with zero attached hydrogens (tertiary/aromatic N) is 5. The number of carbonyl (C=O) groups is 1. The summed E-state index contributed by atoms with van der Waals surface area (Å²) in [5, 5.41) is 8.43. The minimum atomic E-state index is 0.0108. The van der Waals surface area contributed by atoms with E-state index >= 15 is 0 Å². The van der Waals surface area contributed by atoms with Gasteiger partial charge in [0.05, 0.1) is 30.3 Å². The molecule has 1 aliphatic rings. The summed E-state index contributed by atoms with van der Waals surface area (Å²) in [6.45, 7) is 7.31. The number of likely N-dealkylation sites (tertiary alicyclic amines) is 1. The van der Waals surface area contributed by atoms with E-state index in [4.69, 9.17) is 4.74 Å². The number of hydrogen-bond acceptors (Lipinski definition) is 5. The van der Waals surface area contributed by atoms with Crippen LogP contribution in [0.25, 0.3) is 5.69 Å². The first-order chi connectivity index (χ1) is 14.5. The Morgan fingerprint density at radius 1 is 1.10 bits per heavy atom. The van der Waals surface area contributed by atoms with Crippen LogP contribution in [0.15, 0.2) is 48.9 Å². The number of piperidine rings is 1. The van der Waals surface area contributed by atoms with Gasteiger partial charge in [0.15, 0.2) is 0 Å². The Bertz CT molecular complexity index is 1000. The fraction of sp³-hybridized carbons (Fsp3) is 0.391. The van der Waals surface area contributed by atoms with Gasteiger partial charge in [-0.1, -0.05) is 17.7 Å². The van der Waals surface area contributed by atoms with Gasteiger partial charge in [0.2, 0.25) is 5.88 Å². The lowest BCUT2D eigenvalue weighted by atomic mass is 9.93. The molecule has 3 heterocycles. The van der Waals surface area contributed by atoms with Crippen LogP contribution in [0.4, 0.5) is 0 Å². The maximum atomic E-state index is 13.5. The van der Waals surface area contributed by atoms with Gasteiger partial charge in [-0.2, -0.15) is 15.0 Å². The van der Waals surface area contributed by atoms with E-state index in [1.165, 1.54) is 4.80 Å². The van der Waals surface area contributed by atoms with Crippen LogP contribution in [0.5, 0.6) is 5.88 Å². The Morgan fingerprint density at radius 2 is 1.87 bits per heavy atom. The molecule has 0 spiro atoms. The molecule has 0 aliphatic carbocycles. The third kappa shape index (κ3) is 4.35. The summed E-state index contributed by atoms with van der Waals surface area (Å²) in [6, 6.07) is 9.85. The number of aryl methyl sites for hydroxylation is 2. The van der Waals surface area contributed by atoms with Crippen molar-refractivity contribution in [2.75, 3.05) is 13.2 Å². The van der Waals surface area contributed by atoms with Crippen LogP contribution in [0, 0.1) is 19.8 Å². The Hall–Kier alpha value is -3.22. The molecule has 0 bridgehead atoms. The highest BCUT2D eigenvalue weighted by Crippen LogP contribution is 2.26. The SMILES string of the molecule is Cc1ccc(OCC2CCC(C)N(C(=O)c3cc(C)ccc3-n3nccn3)C2)nc1. The van der Waals surface area contributed by atoms with Crippen molar-refractivity contribution < 1.29 is 9.53 Å². The van der Waals surface area contributed by atoms with Gasteiger partial charge in [0.1, 0.15) is 0 Å². The summed E-state index contributed by atoms with van der Waals surface area (Å²) in [4.78, 5) is 21.3. The first kappa shape index (κ1) is 20.1. The second kappa shape index (κ2) is 8.65. The Morgan fingerprint density at radius 3 is 2.60 bits per heavy atom. The molecule has 0 saturated carbocycles. The van der Waals surface area contributed by atoms with Crippen LogP contribution in [-0.4, -0.2) is 50.0 Å². The molecule has 2 atom stereocenters. The molecule has 0 radical (unpaired) electrons. The largest absolute Gasteiger partial charge is 0.477 e. The van der Waals surface area contributed by atoms with E-state index in [0.29, 0.717) is 30.3 Å². The van der Waals surface area contributed by atoms with E-state index in [9.17, 15) is 4.79 Å². The number of benzene rings is 1. The van der Waals surface area contributed by atoms with Gasteiger partial charge in [0.25, 0.3) is 5.91 Å². The first-order valence-electron chi connectivity index (χ1n) is 10.3. The zero-order valence-corrected chi connectivity index (χ0v) is 17.7. The van der Waals surface area contributed by atoms with Crippen LogP contribution in [0.3, 0.4) is 0 Å². The van der Waals surface area contributed by atoms with Crippen molar-refractivity contribution in [2.45, 2.75) is 39.7 Å². The number of amides is 1. The highest BCUT2D eigenvalue weighted by atomic mass is 16.5. The predicted molar refractivity (Wildman–Crippen MR) is 114 cm³/mol. The number of carbonyl (C=O) groups excluding carboxylic acids is 1. The standard InChI is InChI=1S/C23H27N5O2/c1-16-4-8-21(28-25-10-11-26-28)20(12-16)23(29)27-14-19(7-6-18(27)3)15-30-22-9-5-17(2)13-24-22/h4-5,8-13,18-19H,6-7,14-15H2,1-3H3. The van der Waals surface area contributed by atoms with Crippen molar-refractivity contribution in [3.05, 3.63) is 65.6 Å². The molecule has 1 aliphatic heterocycles. The van der Waals surface area contributed by atoms with Crippen LogP contribution in [-0.2, 0) is 0 Å². The van der Waals surface area contributed by atoms with Gasteiger partial charge in [-0.25, -0.2) is 4.98 Å². The van der Waals surface area contributed by atoms with Gasteiger partial charge >= 0.3 is 0 Å². The third-order valence-electron chi connectivity index (χ3n) is 5.61. The smallest absolute Gasteiger partial charge is 0.256 e. The van der Waals surface area contributed by atoms with Crippen molar-refractivity contribution in [3.8, 4) is 11.6 Å². The fourth-order valence-corrected chi connectivity index (χ4v) is 3.83. The molecule has 1 fully saturated rings. The molecule has 1 amide bonds. The number of aromatic nitrogens is 4. The molecule has 2 unspecified atom stereocenters. The van der Waals surface area contributed by atoms with E-state index in [-0.39, 0.29) is 17.9 Å². The minimum absolute atomic E-state index is 0.0108. The molecule has 7 heteroatoms. The summed E-state index contributed by atoms with van der Waals surface area (Å²) < 4.78 is 5.90. The van der Waals surface area contributed by atoms with Crippen molar-refractivity contribution in [3.63, 3.8) is 0 Å². The van der Waals surface area contributed by atoms with Gasteiger partial charge < -0.3 is 9.64 Å². The summed E-state index contributed by atoms with van der Waals surface area (Å²) in [6.07, 6.45) is 7.01. The summed E-state index contributed by atoms with van der Waals surface area (Å²) >= 11 is 0. The molecule has 7 nitrogen and oxygen atoms in total. The predicted octanol–water partition coefficient (Wildman–Crippen LogP) is 3.60. The molecule has 156 valence electrons. The number of pyridine rings is 1. The number of ether oxygens (including phenoxy) is 1. The molecular weight excluding hydrogens is 378 g/mol. The van der Waals surface area contributed by atoms with Crippen molar-refractivity contribution in [1.82, 2.24) is 24.9 Å². The zero-order chi connectivity index (χ0) is 21.1. The van der Waals surface area contributed by atoms with Crippen LogP contribution < -0.4 is 4.74 Å². The molecular formula is C23H27N5O2. The van der Waals surface area contributed by atoms with Crippen LogP contribution >= 0.6 is 0 Å². The fourth-order valence-electron chi connectivity index (χ4n) is 3.83. The van der Waals surface area contributed by atoms with E-state index < -0.39 is 0 Å². The van der Waals surface area contributed by atoms with Gasteiger partial charge in [0, 0.05) is 30.8 Å². The zero-order valence-electron chi connectivity index (χ0n) is 17.7. The second-order valence-electron chi connectivity index (χ2n) is 8.07. The summed E-state index contributed by atoms with van der Waals surface area (Å²) in [5.41, 5.74) is 3.46. The Labute approximate surface area is 176 Å². The molecule has 4 rings (SSSR count). The highest BCUT2D eigenvalue weighted by Gasteiger charge is 2.31. The minimum Gasteiger partial charge on any atom is -0.477 e. The van der Waals surface area contributed by atoms with Crippen molar-refractivity contribution >= 4 is 5.91 Å². The lowest BCUT2D eigenvalue weighted by molar-refractivity contribution is 0.0502. The van der Waals surface area contributed by atoms with Crippen molar-refractivity contribution in [1.29, 1.82) is 0 Å². The Kier molecular flexibility index (Phi) is 5.79. The highest BCUT2D eigenvalue weighted by molar-refractivity contribution is 5.98. The lowest BCUT2D eigenvalue weighted by Gasteiger charge is -2.38. The first-order valence-corrected chi connectivity index (χ1v) is 10.3. The van der Waals surface area contributed by atoms with Gasteiger partial charge in [-0.3, -0.25) is 4.79 Å². The number of hydrogen-bond donors (Lipinski definition) is 0. The third-order valence-corrected chi connectivity index (χ3v) is 5.61. The van der Waals surface area contributed by atoms with Gasteiger partial charge in [-0.15, -0.1) is 0 Å². The summed E-state index contributed by atoms with van der Waals surface area (Å²) in [5.74, 6) is 0.906. The second-order valence-corrected chi connectivity index (χ2v) is 8.07. The molecule has 1 saturated heterocycles. The van der Waals surface area contributed by atoms with Crippen molar-refractivity contribution in [2.24, 2.45) is 5.92 Å². The molecule has 3 aromatic rings.